The molecule has 1 aliphatic carbocycles. The lowest BCUT2D eigenvalue weighted by atomic mass is 10.1. The van der Waals surface area contributed by atoms with Crippen LogP contribution < -0.4 is 5.56 Å². The molecule has 5 rings (SSSR count). The average Bonchev–Trinajstić information content (AvgIpc) is 3.37. The SMILES string of the molecule is Cc1c([C@@H]2C[C@H]2c2cccnc2)nc2sc(-c3ccccc3)cn2c1=O. The van der Waals surface area contributed by atoms with Crippen LogP contribution >= 0.6 is 11.3 Å². The maximum Gasteiger partial charge on any atom is 0.261 e. The van der Waals surface area contributed by atoms with Gasteiger partial charge in [0.05, 0.1) is 10.6 Å². The maximum atomic E-state index is 12.9. The topological polar surface area (TPSA) is 47.3 Å². The third-order valence-electron chi connectivity index (χ3n) is 5.11. The van der Waals surface area contributed by atoms with Gasteiger partial charge in [-0.25, -0.2) is 4.98 Å². The second kappa shape index (κ2) is 5.88. The van der Waals surface area contributed by atoms with Crippen LogP contribution in [0.3, 0.4) is 0 Å². The third kappa shape index (κ3) is 2.47. The zero-order valence-electron chi connectivity index (χ0n) is 14.3. The number of aromatic nitrogens is 3. The zero-order valence-corrected chi connectivity index (χ0v) is 15.1. The first-order valence-corrected chi connectivity index (χ1v) is 9.52. The van der Waals surface area contributed by atoms with Crippen molar-refractivity contribution < 1.29 is 0 Å². The first-order valence-electron chi connectivity index (χ1n) is 8.70. The second-order valence-corrected chi connectivity index (χ2v) is 7.79. The molecular formula is C21H17N3OS. The fraction of sp³-hybridized carbons (Fsp3) is 0.190. The van der Waals surface area contributed by atoms with Crippen LogP contribution in [0.15, 0.2) is 65.8 Å². The van der Waals surface area contributed by atoms with Crippen LogP contribution in [-0.2, 0) is 0 Å². The van der Waals surface area contributed by atoms with Gasteiger partial charge in [-0.05, 0) is 36.5 Å². The summed E-state index contributed by atoms with van der Waals surface area (Å²) in [6.07, 6.45) is 6.66. The molecule has 5 heteroatoms. The van der Waals surface area contributed by atoms with E-state index in [2.05, 4.69) is 23.2 Å². The first kappa shape index (κ1) is 15.5. The van der Waals surface area contributed by atoms with Gasteiger partial charge in [0, 0.05) is 30.1 Å². The Hall–Kier alpha value is -2.79. The van der Waals surface area contributed by atoms with Crippen molar-refractivity contribution in [1.29, 1.82) is 0 Å². The van der Waals surface area contributed by atoms with Gasteiger partial charge in [-0.1, -0.05) is 47.7 Å². The molecule has 1 saturated carbocycles. The first-order chi connectivity index (χ1) is 12.7. The lowest BCUT2D eigenvalue weighted by molar-refractivity contribution is 0.911. The van der Waals surface area contributed by atoms with Crippen molar-refractivity contribution in [2.75, 3.05) is 0 Å². The van der Waals surface area contributed by atoms with E-state index < -0.39 is 0 Å². The van der Waals surface area contributed by atoms with Crippen molar-refractivity contribution in [3.63, 3.8) is 0 Å². The Morgan fingerprint density at radius 2 is 1.96 bits per heavy atom. The Labute approximate surface area is 154 Å². The average molecular weight is 359 g/mol. The van der Waals surface area contributed by atoms with E-state index in [4.69, 9.17) is 4.98 Å². The molecule has 0 N–H and O–H groups in total. The Balaban J connectivity index is 1.58. The molecule has 0 saturated heterocycles. The van der Waals surface area contributed by atoms with Crippen LogP contribution in [0, 0.1) is 6.92 Å². The van der Waals surface area contributed by atoms with Crippen molar-refractivity contribution in [3.8, 4) is 10.4 Å². The highest BCUT2D eigenvalue weighted by molar-refractivity contribution is 7.20. The summed E-state index contributed by atoms with van der Waals surface area (Å²) in [7, 11) is 0. The standard InChI is InChI=1S/C21H17N3OS/c1-13-19(17-10-16(17)15-8-5-9-22-11-15)23-21-24(20(13)25)12-18(26-21)14-6-3-2-4-7-14/h2-9,11-12,16-17H,10H2,1H3/t16-,17+/m0/s1. The van der Waals surface area contributed by atoms with Crippen LogP contribution in [0.25, 0.3) is 15.4 Å². The van der Waals surface area contributed by atoms with Gasteiger partial charge in [0.25, 0.3) is 5.56 Å². The van der Waals surface area contributed by atoms with Crippen molar-refractivity contribution >= 4 is 16.3 Å². The number of hydrogen-bond acceptors (Lipinski definition) is 4. The lowest BCUT2D eigenvalue weighted by Crippen LogP contribution is -2.18. The van der Waals surface area contributed by atoms with Crippen molar-refractivity contribution in [2.24, 2.45) is 0 Å². The van der Waals surface area contributed by atoms with Gasteiger partial charge >= 0.3 is 0 Å². The molecule has 4 aromatic rings. The van der Waals surface area contributed by atoms with E-state index in [0.29, 0.717) is 11.8 Å². The lowest BCUT2D eigenvalue weighted by Gasteiger charge is -2.05. The van der Waals surface area contributed by atoms with E-state index in [9.17, 15) is 4.79 Å². The van der Waals surface area contributed by atoms with Crippen LogP contribution in [0.5, 0.6) is 0 Å². The predicted octanol–water partition coefficient (Wildman–Crippen LogP) is 4.40. The van der Waals surface area contributed by atoms with E-state index >= 15 is 0 Å². The zero-order chi connectivity index (χ0) is 17.7. The molecule has 26 heavy (non-hydrogen) atoms. The molecule has 0 bridgehead atoms. The number of hydrogen-bond donors (Lipinski definition) is 0. The van der Waals surface area contributed by atoms with E-state index in [-0.39, 0.29) is 5.56 Å². The highest BCUT2D eigenvalue weighted by atomic mass is 32.1. The van der Waals surface area contributed by atoms with Gasteiger partial charge < -0.3 is 0 Å². The summed E-state index contributed by atoms with van der Waals surface area (Å²) in [5.74, 6) is 0.740. The summed E-state index contributed by atoms with van der Waals surface area (Å²) >= 11 is 1.57. The fourth-order valence-corrected chi connectivity index (χ4v) is 4.59. The number of fused-ring (bicyclic) bond motifs is 1. The molecule has 1 aliphatic rings. The van der Waals surface area contributed by atoms with E-state index in [1.165, 1.54) is 5.56 Å². The Bertz CT molecular complexity index is 1150. The minimum atomic E-state index is 0.0419. The largest absolute Gasteiger partial charge is 0.269 e. The molecule has 3 heterocycles. The quantitative estimate of drug-likeness (QED) is 0.545. The maximum absolute atomic E-state index is 12.9. The summed E-state index contributed by atoms with van der Waals surface area (Å²) in [6.45, 7) is 1.90. The number of rotatable bonds is 3. The second-order valence-electron chi connectivity index (χ2n) is 6.78. The molecule has 2 atom stereocenters. The van der Waals surface area contributed by atoms with Crippen molar-refractivity contribution in [1.82, 2.24) is 14.4 Å². The van der Waals surface area contributed by atoms with Gasteiger partial charge in [-0.15, -0.1) is 0 Å². The highest BCUT2D eigenvalue weighted by Crippen LogP contribution is 2.54. The van der Waals surface area contributed by atoms with E-state index in [1.54, 1.807) is 21.9 Å². The Kier molecular flexibility index (Phi) is 3.50. The third-order valence-corrected chi connectivity index (χ3v) is 6.14. The molecule has 0 unspecified atom stereocenters. The van der Waals surface area contributed by atoms with E-state index in [1.807, 2.05) is 43.6 Å². The number of thiazole rings is 1. The molecular weight excluding hydrogens is 342 g/mol. The predicted molar refractivity (Wildman–Crippen MR) is 104 cm³/mol. The monoisotopic (exact) mass is 359 g/mol. The molecule has 4 nitrogen and oxygen atoms in total. The molecule has 0 amide bonds. The van der Waals surface area contributed by atoms with Crippen LogP contribution in [0.4, 0.5) is 0 Å². The smallest absolute Gasteiger partial charge is 0.261 e. The summed E-state index contributed by atoms with van der Waals surface area (Å²) in [4.78, 5) is 23.8. The van der Waals surface area contributed by atoms with Gasteiger partial charge in [0.15, 0.2) is 4.96 Å². The number of benzene rings is 1. The van der Waals surface area contributed by atoms with Crippen LogP contribution in [0.2, 0.25) is 0 Å². The normalized spacial score (nSPS) is 19.0. The van der Waals surface area contributed by atoms with Gasteiger partial charge in [-0.3, -0.25) is 14.2 Å². The minimum Gasteiger partial charge on any atom is -0.269 e. The highest BCUT2D eigenvalue weighted by Gasteiger charge is 2.42. The number of nitrogens with zero attached hydrogens (tertiary/aromatic N) is 3. The molecule has 0 radical (unpaired) electrons. The molecule has 1 aromatic carbocycles. The van der Waals surface area contributed by atoms with Crippen LogP contribution in [0.1, 0.15) is 35.1 Å². The van der Waals surface area contributed by atoms with Crippen molar-refractivity contribution in [2.45, 2.75) is 25.2 Å². The molecule has 0 spiro atoms. The fourth-order valence-electron chi connectivity index (χ4n) is 3.60. The molecule has 1 fully saturated rings. The van der Waals surface area contributed by atoms with E-state index in [0.717, 1.165) is 33.1 Å². The summed E-state index contributed by atoms with van der Waals surface area (Å²) in [6, 6.07) is 14.2. The van der Waals surface area contributed by atoms with Crippen molar-refractivity contribution in [3.05, 3.63) is 88.2 Å². The summed E-state index contributed by atoms with van der Waals surface area (Å²) in [5, 5.41) is 0. The molecule has 128 valence electrons. The van der Waals surface area contributed by atoms with Gasteiger partial charge in [0.2, 0.25) is 0 Å². The van der Waals surface area contributed by atoms with Gasteiger partial charge in [-0.2, -0.15) is 0 Å². The Morgan fingerprint density at radius 1 is 1.12 bits per heavy atom. The van der Waals surface area contributed by atoms with Gasteiger partial charge in [0.1, 0.15) is 0 Å². The summed E-state index contributed by atoms with van der Waals surface area (Å²) in [5.41, 5.74) is 4.10. The Morgan fingerprint density at radius 3 is 2.73 bits per heavy atom. The summed E-state index contributed by atoms with van der Waals surface area (Å²) < 4.78 is 1.69. The molecule has 0 aliphatic heterocycles. The minimum absolute atomic E-state index is 0.0419. The van der Waals surface area contributed by atoms with Crippen LogP contribution in [-0.4, -0.2) is 14.4 Å². The number of pyridine rings is 1. The molecule has 3 aromatic heterocycles.